The van der Waals surface area contributed by atoms with Crippen molar-refractivity contribution in [2.45, 2.75) is 33.8 Å². The largest absolute Gasteiger partial charge is 0.484 e. The summed E-state index contributed by atoms with van der Waals surface area (Å²) >= 11 is 0. The van der Waals surface area contributed by atoms with E-state index in [-0.39, 0.29) is 18.0 Å². The third kappa shape index (κ3) is 5.17. The van der Waals surface area contributed by atoms with Gasteiger partial charge < -0.3 is 15.2 Å². The molecule has 0 spiro atoms. The second kappa shape index (κ2) is 8.49. The molecule has 0 fully saturated rings. The number of carbonyl (C=O) groups is 3. The fourth-order valence-corrected chi connectivity index (χ4v) is 2.57. The number of ketones is 1. The monoisotopic (exact) mass is 369 g/mol. The number of benzene rings is 2. The standard InChI is InChI=1S/C21H23NO5/c1-12-9-14(3)18(10-13(12)2)20(24)15(4)27-21(25)16-5-7-17(8-6-16)26-11-19(22)23/h5-10,15H,11H2,1-4H3,(H2,22,23)/t15-/m0/s1. The van der Waals surface area contributed by atoms with Crippen molar-refractivity contribution in [1.82, 2.24) is 0 Å². The highest BCUT2D eigenvalue weighted by molar-refractivity contribution is 6.02. The zero-order valence-corrected chi connectivity index (χ0v) is 15.9. The lowest BCUT2D eigenvalue weighted by Gasteiger charge is -2.15. The van der Waals surface area contributed by atoms with Crippen molar-refractivity contribution in [2.75, 3.05) is 6.61 Å². The van der Waals surface area contributed by atoms with Crippen LogP contribution in [0.5, 0.6) is 5.75 Å². The predicted molar refractivity (Wildman–Crippen MR) is 101 cm³/mol. The number of primary amides is 1. The van der Waals surface area contributed by atoms with Crippen molar-refractivity contribution < 1.29 is 23.9 Å². The van der Waals surface area contributed by atoms with Gasteiger partial charge in [0.25, 0.3) is 5.91 Å². The van der Waals surface area contributed by atoms with Crippen molar-refractivity contribution in [2.24, 2.45) is 5.73 Å². The summed E-state index contributed by atoms with van der Waals surface area (Å²) in [5, 5.41) is 0. The van der Waals surface area contributed by atoms with Gasteiger partial charge in [-0.25, -0.2) is 4.79 Å². The second-order valence-electron chi connectivity index (χ2n) is 6.44. The molecule has 0 heterocycles. The molecule has 0 saturated carbocycles. The number of Topliss-reactive ketones (excluding diaryl/α,β-unsaturated/α-hetero) is 1. The number of aryl methyl sites for hydroxylation is 3. The first kappa shape index (κ1) is 20.2. The topological polar surface area (TPSA) is 95.7 Å². The molecule has 0 aliphatic heterocycles. The van der Waals surface area contributed by atoms with E-state index in [1.165, 1.54) is 24.3 Å². The van der Waals surface area contributed by atoms with Crippen LogP contribution >= 0.6 is 0 Å². The number of hydrogen-bond acceptors (Lipinski definition) is 5. The van der Waals surface area contributed by atoms with Crippen molar-refractivity contribution in [3.8, 4) is 5.75 Å². The van der Waals surface area contributed by atoms with Crippen LogP contribution in [-0.2, 0) is 9.53 Å². The molecule has 142 valence electrons. The van der Waals surface area contributed by atoms with Crippen LogP contribution < -0.4 is 10.5 Å². The Morgan fingerprint density at radius 3 is 2.15 bits per heavy atom. The summed E-state index contributed by atoms with van der Waals surface area (Å²) in [7, 11) is 0. The molecule has 2 rings (SSSR count). The normalized spacial score (nSPS) is 11.6. The maximum absolute atomic E-state index is 12.7. The molecule has 0 aliphatic rings. The highest BCUT2D eigenvalue weighted by Gasteiger charge is 2.22. The SMILES string of the molecule is Cc1cc(C)c(C(=O)[C@H](C)OC(=O)c2ccc(OCC(N)=O)cc2)cc1C. The van der Waals surface area contributed by atoms with Gasteiger partial charge in [0.2, 0.25) is 5.78 Å². The minimum atomic E-state index is -0.913. The molecular weight excluding hydrogens is 346 g/mol. The quantitative estimate of drug-likeness (QED) is 0.598. The number of rotatable bonds is 7. The van der Waals surface area contributed by atoms with Gasteiger partial charge >= 0.3 is 5.97 Å². The molecule has 1 amide bonds. The van der Waals surface area contributed by atoms with Crippen molar-refractivity contribution in [3.05, 3.63) is 64.2 Å². The van der Waals surface area contributed by atoms with E-state index < -0.39 is 18.0 Å². The third-order valence-electron chi connectivity index (χ3n) is 4.23. The number of ether oxygens (including phenoxy) is 2. The number of nitrogens with two attached hydrogens (primary N) is 1. The van der Waals surface area contributed by atoms with E-state index in [1.54, 1.807) is 6.92 Å². The second-order valence-corrected chi connectivity index (χ2v) is 6.44. The van der Waals surface area contributed by atoms with Gasteiger partial charge in [0.15, 0.2) is 12.7 Å². The average molecular weight is 369 g/mol. The summed E-state index contributed by atoms with van der Waals surface area (Å²) in [5.74, 6) is -1.04. The van der Waals surface area contributed by atoms with Gasteiger partial charge in [0, 0.05) is 5.56 Å². The van der Waals surface area contributed by atoms with Crippen LogP contribution in [0.2, 0.25) is 0 Å². The summed E-state index contributed by atoms with van der Waals surface area (Å²) < 4.78 is 10.4. The zero-order valence-electron chi connectivity index (χ0n) is 15.9. The molecule has 2 aromatic carbocycles. The lowest BCUT2D eigenvalue weighted by Crippen LogP contribution is -2.25. The first-order valence-electron chi connectivity index (χ1n) is 8.53. The molecular formula is C21H23NO5. The molecule has 27 heavy (non-hydrogen) atoms. The maximum atomic E-state index is 12.7. The average Bonchev–Trinajstić information content (AvgIpc) is 2.62. The Hall–Kier alpha value is -3.15. The van der Waals surface area contributed by atoms with E-state index in [1.807, 2.05) is 32.9 Å². The molecule has 2 aromatic rings. The highest BCUT2D eigenvalue weighted by atomic mass is 16.5. The summed E-state index contributed by atoms with van der Waals surface area (Å²) in [6.45, 7) is 7.09. The molecule has 0 aromatic heterocycles. The molecule has 0 aliphatic carbocycles. The molecule has 6 heteroatoms. The molecule has 1 atom stereocenters. The zero-order chi connectivity index (χ0) is 20.1. The Morgan fingerprint density at radius 2 is 1.56 bits per heavy atom. The Bertz CT molecular complexity index is 871. The van der Waals surface area contributed by atoms with Gasteiger partial charge in [0.05, 0.1) is 5.56 Å². The maximum Gasteiger partial charge on any atom is 0.338 e. The molecule has 0 radical (unpaired) electrons. The van der Waals surface area contributed by atoms with E-state index in [9.17, 15) is 14.4 Å². The number of esters is 1. The highest BCUT2D eigenvalue weighted by Crippen LogP contribution is 2.19. The van der Waals surface area contributed by atoms with Gasteiger partial charge in [-0.3, -0.25) is 9.59 Å². The van der Waals surface area contributed by atoms with Gasteiger partial charge in [-0.2, -0.15) is 0 Å². The van der Waals surface area contributed by atoms with E-state index >= 15 is 0 Å². The number of hydrogen-bond donors (Lipinski definition) is 1. The fourth-order valence-electron chi connectivity index (χ4n) is 2.57. The lowest BCUT2D eigenvalue weighted by molar-refractivity contribution is -0.119. The Labute approximate surface area is 158 Å². The van der Waals surface area contributed by atoms with Crippen molar-refractivity contribution >= 4 is 17.7 Å². The summed E-state index contributed by atoms with van der Waals surface area (Å²) in [6.07, 6.45) is -0.913. The molecule has 0 unspecified atom stereocenters. The van der Waals surface area contributed by atoms with Crippen molar-refractivity contribution in [3.63, 3.8) is 0 Å². The van der Waals surface area contributed by atoms with Crippen LogP contribution in [-0.4, -0.2) is 30.4 Å². The van der Waals surface area contributed by atoms with Crippen LogP contribution in [0.1, 0.15) is 44.3 Å². The molecule has 0 bridgehead atoms. The van der Waals surface area contributed by atoms with Gasteiger partial charge in [-0.1, -0.05) is 6.07 Å². The van der Waals surface area contributed by atoms with E-state index in [0.717, 1.165) is 16.7 Å². The van der Waals surface area contributed by atoms with Crippen LogP contribution in [0, 0.1) is 20.8 Å². The summed E-state index contributed by atoms with van der Waals surface area (Å²) in [4.78, 5) is 35.6. The fraction of sp³-hybridized carbons (Fsp3) is 0.286. The van der Waals surface area contributed by atoms with Crippen LogP contribution in [0.15, 0.2) is 36.4 Å². The van der Waals surface area contributed by atoms with E-state index in [4.69, 9.17) is 15.2 Å². The van der Waals surface area contributed by atoms with Gasteiger partial charge in [-0.15, -0.1) is 0 Å². The molecule has 0 saturated heterocycles. The molecule has 6 nitrogen and oxygen atoms in total. The first-order valence-corrected chi connectivity index (χ1v) is 8.53. The minimum Gasteiger partial charge on any atom is -0.484 e. The Kier molecular flexibility index (Phi) is 6.34. The van der Waals surface area contributed by atoms with E-state index in [0.29, 0.717) is 11.3 Å². The predicted octanol–water partition coefficient (Wildman–Crippen LogP) is 2.90. The van der Waals surface area contributed by atoms with Crippen LogP contribution in [0.4, 0.5) is 0 Å². The number of carbonyl (C=O) groups excluding carboxylic acids is 3. The smallest absolute Gasteiger partial charge is 0.338 e. The first-order chi connectivity index (χ1) is 12.7. The lowest BCUT2D eigenvalue weighted by atomic mass is 9.96. The van der Waals surface area contributed by atoms with Gasteiger partial charge in [0.1, 0.15) is 5.75 Å². The van der Waals surface area contributed by atoms with Crippen LogP contribution in [0.25, 0.3) is 0 Å². The van der Waals surface area contributed by atoms with E-state index in [2.05, 4.69) is 0 Å². The molecule has 2 N–H and O–H groups in total. The van der Waals surface area contributed by atoms with Crippen LogP contribution in [0.3, 0.4) is 0 Å². The summed E-state index contributed by atoms with van der Waals surface area (Å²) in [6, 6.07) is 9.82. The third-order valence-corrected chi connectivity index (χ3v) is 4.23. The Balaban J connectivity index is 2.05. The minimum absolute atomic E-state index is 0.245. The summed E-state index contributed by atoms with van der Waals surface area (Å²) in [5.41, 5.74) is 8.79. The van der Waals surface area contributed by atoms with Gasteiger partial charge in [-0.05, 0) is 74.7 Å². The number of amides is 1. The Morgan fingerprint density at radius 1 is 0.963 bits per heavy atom. The van der Waals surface area contributed by atoms with Crippen molar-refractivity contribution in [1.29, 1.82) is 0 Å².